The number of carbonyl (C=O) groups is 2. The van der Waals surface area contributed by atoms with Crippen molar-refractivity contribution in [2.45, 2.75) is 25.5 Å². The van der Waals surface area contributed by atoms with E-state index in [0.29, 0.717) is 24.3 Å². The number of halogens is 2. The highest BCUT2D eigenvalue weighted by Crippen LogP contribution is 2.29. The standard InChI is InChI=1S/C15H17F2N3O2S/c1-3-18-15-20(4-2)14(22)12(23-15)8-13(21)19-11-6-5-9(16)7-10(11)17/h5-7,12H,3-4,8H2,1-2H3,(H,19,21)/t12-/m1/s1. The number of nitrogens with one attached hydrogen (secondary N) is 1. The number of nitrogens with zero attached hydrogens (tertiary/aromatic N) is 2. The lowest BCUT2D eigenvalue weighted by molar-refractivity contribution is -0.128. The highest BCUT2D eigenvalue weighted by Gasteiger charge is 2.38. The van der Waals surface area contributed by atoms with Crippen LogP contribution in [0.2, 0.25) is 0 Å². The van der Waals surface area contributed by atoms with Crippen LogP contribution in [0.25, 0.3) is 0 Å². The summed E-state index contributed by atoms with van der Waals surface area (Å²) in [6, 6.07) is 2.89. The Labute approximate surface area is 137 Å². The summed E-state index contributed by atoms with van der Waals surface area (Å²) >= 11 is 1.23. The molecule has 1 heterocycles. The van der Waals surface area contributed by atoms with Gasteiger partial charge in [0.25, 0.3) is 0 Å². The van der Waals surface area contributed by atoms with Crippen molar-refractivity contribution in [1.82, 2.24) is 4.90 Å². The Morgan fingerprint density at radius 3 is 2.74 bits per heavy atom. The summed E-state index contributed by atoms with van der Waals surface area (Å²) in [4.78, 5) is 30.0. The van der Waals surface area contributed by atoms with Crippen molar-refractivity contribution in [3.05, 3.63) is 29.8 Å². The van der Waals surface area contributed by atoms with Gasteiger partial charge in [0.15, 0.2) is 5.17 Å². The molecule has 5 nitrogen and oxygen atoms in total. The number of rotatable bonds is 5. The lowest BCUT2D eigenvalue weighted by atomic mass is 10.2. The predicted molar refractivity (Wildman–Crippen MR) is 86.3 cm³/mol. The van der Waals surface area contributed by atoms with Crippen LogP contribution in [0.4, 0.5) is 14.5 Å². The van der Waals surface area contributed by atoms with Gasteiger partial charge in [-0.25, -0.2) is 8.78 Å². The zero-order chi connectivity index (χ0) is 17.0. The van der Waals surface area contributed by atoms with Crippen molar-refractivity contribution in [2.24, 2.45) is 4.99 Å². The second-order valence-corrected chi connectivity index (χ2v) is 5.99. The fourth-order valence-electron chi connectivity index (χ4n) is 2.15. The van der Waals surface area contributed by atoms with Gasteiger partial charge in [0.1, 0.15) is 16.9 Å². The first-order chi connectivity index (χ1) is 11.0. The third kappa shape index (κ3) is 4.07. The van der Waals surface area contributed by atoms with Gasteiger partial charge in [0, 0.05) is 25.6 Å². The number of anilines is 1. The molecule has 2 amide bonds. The minimum absolute atomic E-state index is 0.0977. The van der Waals surface area contributed by atoms with E-state index in [9.17, 15) is 18.4 Å². The highest BCUT2D eigenvalue weighted by molar-refractivity contribution is 8.15. The zero-order valence-electron chi connectivity index (χ0n) is 12.8. The second-order valence-electron chi connectivity index (χ2n) is 4.82. The van der Waals surface area contributed by atoms with E-state index in [2.05, 4.69) is 10.3 Å². The summed E-state index contributed by atoms with van der Waals surface area (Å²) in [5.41, 5.74) is -0.110. The van der Waals surface area contributed by atoms with E-state index in [1.165, 1.54) is 16.7 Å². The maximum absolute atomic E-state index is 13.5. The first-order valence-electron chi connectivity index (χ1n) is 7.23. The molecule has 1 N–H and O–H groups in total. The Morgan fingerprint density at radius 2 is 2.13 bits per heavy atom. The molecular weight excluding hydrogens is 324 g/mol. The van der Waals surface area contributed by atoms with Crippen LogP contribution in [-0.2, 0) is 9.59 Å². The summed E-state index contributed by atoms with van der Waals surface area (Å²) < 4.78 is 26.4. The lowest BCUT2D eigenvalue weighted by Crippen LogP contribution is -2.33. The van der Waals surface area contributed by atoms with Gasteiger partial charge in [-0.2, -0.15) is 0 Å². The maximum atomic E-state index is 13.5. The van der Waals surface area contributed by atoms with E-state index in [4.69, 9.17) is 0 Å². The fraction of sp³-hybridized carbons (Fsp3) is 0.400. The molecule has 23 heavy (non-hydrogen) atoms. The smallest absolute Gasteiger partial charge is 0.242 e. The summed E-state index contributed by atoms with van der Waals surface area (Å²) in [6.45, 7) is 4.73. The van der Waals surface area contributed by atoms with E-state index < -0.39 is 22.8 Å². The highest BCUT2D eigenvalue weighted by atomic mass is 32.2. The van der Waals surface area contributed by atoms with Gasteiger partial charge in [-0.3, -0.25) is 19.5 Å². The number of benzene rings is 1. The third-order valence-electron chi connectivity index (χ3n) is 3.21. The van der Waals surface area contributed by atoms with Crippen molar-refractivity contribution in [3.63, 3.8) is 0 Å². The number of amidine groups is 1. The molecule has 8 heteroatoms. The number of carbonyl (C=O) groups excluding carboxylic acids is 2. The Bertz CT molecular complexity index is 652. The number of aliphatic imine (C=N–C) groups is 1. The van der Waals surface area contributed by atoms with Gasteiger partial charge in [0.05, 0.1) is 5.69 Å². The minimum Gasteiger partial charge on any atom is -0.324 e. The van der Waals surface area contributed by atoms with Gasteiger partial charge in [-0.05, 0) is 26.0 Å². The lowest BCUT2D eigenvalue weighted by Gasteiger charge is -2.13. The quantitative estimate of drug-likeness (QED) is 0.895. The molecule has 2 rings (SSSR count). The molecule has 0 spiro atoms. The fourth-order valence-corrected chi connectivity index (χ4v) is 3.41. The van der Waals surface area contributed by atoms with E-state index in [1.54, 1.807) is 0 Å². The predicted octanol–water partition coefficient (Wildman–Crippen LogP) is 2.63. The van der Waals surface area contributed by atoms with E-state index >= 15 is 0 Å². The SMILES string of the molecule is CCN=C1S[C@H](CC(=O)Nc2ccc(F)cc2F)C(=O)N1CC. The number of thioether (sulfide) groups is 1. The molecule has 0 unspecified atom stereocenters. The third-order valence-corrected chi connectivity index (χ3v) is 4.42. The molecule has 124 valence electrons. The van der Waals surface area contributed by atoms with E-state index in [0.717, 1.165) is 12.1 Å². The first-order valence-corrected chi connectivity index (χ1v) is 8.11. The van der Waals surface area contributed by atoms with Crippen LogP contribution in [-0.4, -0.2) is 40.2 Å². The van der Waals surface area contributed by atoms with Crippen molar-refractivity contribution in [2.75, 3.05) is 18.4 Å². The van der Waals surface area contributed by atoms with E-state index in [1.807, 2.05) is 13.8 Å². The van der Waals surface area contributed by atoms with Crippen LogP contribution in [0.5, 0.6) is 0 Å². The van der Waals surface area contributed by atoms with Crippen molar-refractivity contribution < 1.29 is 18.4 Å². The minimum atomic E-state index is -0.854. The Morgan fingerprint density at radius 1 is 1.39 bits per heavy atom. The Kier molecular flexibility index (Phi) is 5.70. The van der Waals surface area contributed by atoms with Crippen LogP contribution in [0.1, 0.15) is 20.3 Å². The van der Waals surface area contributed by atoms with Crippen LogP contribution in [0, 0.1) is 11.6 Å². The maximum Gasteiger partial charge on any atom is 0.242 e. The average molecular weight is 341 g/mol. The second kappa shape index (κ2) is 7.54. The Balaban J connectivity index is 2.03. The molecule has 1 aliphatic rings. The largest absolute Gasteiger partial charge is 0.324 e. The van der Waals surface area contributed by atoms with Gasteiger partial charge in [-0.15, -0.1) is 0 Å². The van der Waals surface area contributed by atoms with Gasteiger partial charge in [-0.1, -0.05) is 11.8 Å². The van der Waals surface area contributed by atoms with Gasteiger partial charge in [0.2, 0.25) is 11.8 Å². The molecule has 1 fully saturated rings. The molecular formula is C15H17F2N3O2S. The normalized spacial score (nSPS) is 19.5. The molecule has 1 aromatic carbocycles. The van der Waals surface area contributed by atoms with Crippen molar-refractivity contribution in [1.29, 1.82) is 0 Å². The van der Waals surface area contributed by atoms with Crippen LogP contribution in [0.15, 0.2) is 23.2 Å². The molecule has 0 bridgehead atoms. The van der Waals surface area contributed by atoms with Gasteiger partial charge < -0.3 is 5.32 Å². The van der Waals surface area contributed by atoms with Crippen LogP contribution < -0.4 is 5.32 Å². The number of hydrogen-bond donors (Lipinski definition) is 1. The summed E-state index contributed by atoms with van der Waals surface area (Å²) in [7, 11) is 0. The number of amides is 2. The molecule has 0 aliphatic carbocycles. The molecule has 0 aromatic heterocycles. The zero-order valence-corrected chi connectivity index (χ0v) is 13.6. The van der Waals surface area contributed by atoms with Crippen LogP contribution >= 0.6 is 11.8 Å². The molecule has 1 aromatic rings. The average Bonchev–Trinajstić information content (AvgIpc) is 2.78. The molecule has 0 saturated carbocycles. The first kappa shape index (κ1) is 17.4. The molecule has 0 radical (unpaired) electrons. The summed E-state index contributed by atoms with van der Waals surface area (Å²) in [5, 5.41) is 2.38. The van der Waals surface area contributed by atoms with Crippen LogP contribution in [0.3, 0.4) is 0 Å². The van der Waals surface area contributed by atoms with Crippen molar-refractivity contribution >= 4 is 34.4 Å². The molecule has 1 saturated heterocycles. The monoisotopic (exact) mass is 341 g/mol. The Hall–Kier alpha value is -1.96. The topological polar surface area (TPSA) is 61.8 Å². The van der Waals surface area contributed by atoms with E-state index in [-0.39, 0.29) is 18.0 Å². The molecule has 1 atom stereocenters. The van der Waals surface area contributed by atoms with Gasteiger partial charge >= 0.3 is 0 Å². The summed E-state index contributed by atoms with van der Waals surface area (Å²) in [6.07, 6.45) is -0.0977. The number of hydrogen-bond acceptors (Lipinski definition) is 4. The summed E-state index contributed by atoms with van der Waals surface area (Å²) in [5.74, 6) is -2.26. The molecule has 1 aliphatic heterocycles. The van der Waals surface area contributed by atoms with Crippen molar-refractivity contribution in [3.8, 4) is 0 Å².